The van der Waals surface area contributed by atoms with Gasteiger partial charge in [0.2, 0.25) is 0 Å². The minimum atomic E-state index is -0.551. The molecule has 0 saturated carbocycles. The number of aromatic nitrogens is 2. The largest absolute Gasteiger partial charge is 0.348 e. The molecule has 0 radical (unpaired) electrons. The Balaban J connectivity index is 2.33. The average Bonchev–Trinajstić information content (AvgIpc) is 2.29. The van der Waals surface area contributed by atoms with Gasteiger partial charge in [0.1, 0.15) is 16.1 Å². The van der Waals surface area contributed by atoms with Gasteiger partial charge in [-0.2, -0.15) is 0 Å². The van der Waals surface area contributed by atoms with Gasteiger partial charge in [-0.25, -0.2) is 9.97 Å². The van der Waals surface area contributed by atoms with E-state index in [9.17, 15) is 0 Å². The van der Waals surface area contributed by atoms with Crippen molar-refractivity contribution in [2.75, 3.05) is 13.2 Å². The molecule has 0 aliphatic carbocycles. The van der Waals surface area contributed by atoms with E-state index in [-0.39, 0.29) is 5.92 Å². The van der Waals surface area contributed by atoms with E-state index in [2.05, 4.69) is 9.97 Å². The van der Waals surface area contributed by atoms with Crippen LogP contribution >= 0.6 is 23.2 Å². The van der Waals surface area contributed by atoms with Gasteiger partial charge in [-0.1, -0.05) is 37.0 Å². The Morgan fingerprint density at radius 3 is 2.12 bits per heavy atom. The minimum absolute atomic E-state index is 0.173. The van der Waals surface area contributed by atoms with Crippen molar-refractivity contribution in [1.29, 1.82) is 0 Å². The summed E-state index contributed by atoms with van der Waals surface area (Å²) in [6, 6.07) is 0. The Bertz CT molecular complexity index is 383. The van der Waals surface area contributed by atoms with Crippen molar-refractivity contribution in [3.05, 3.63) is 21.7 Å². The van der Waals surface area contributed by atoms with Gasteiger partial charge in [-0.05, 0) is 6.42 Å². The molecule has 17 heavy (non-hydrogen) atoms. The average molecular weight is 277 g/mol. The number of halogens is 2. The number of rotatable bonds is 2. The summed E-state index contributed by atoms with van der Waals surface area (Å²) < 4.78 is 10.9. The van der Waals surface area contributed by atoms with Gasteiger partial charge in [0.25, 0.3) is 0 Å². The van der Waals surface area contributed by atoms with Crippen LogP contribution in [0.15, 0.2) is 0 Å². The van der Waals surface area contributed by atoms with Crippen LogP contribution in [0.1, 0.15) is 43.9 Å². The summed E-state index contributed by atoms with van der Waals surface area (Å²) in [4.78, 5) is 8.44. The summed E-state index contributed by atoms with van der Waals surface area (Å²) in [5.41, 5.74) is 0.525. The van der Waals surface area contributed by atoms with Gasteiger partial charge in [0.15, 0.2) is 6.29 Å². The lowest BCUT2D eigenvalue weighted by molar-refractivity contribution is -0.183. The fraction of sp³-hybridized carbons (Fsp3) is 0.636. The molecule has 0 bridgehead atoms. The van der Waals surface area contributed by atoms with Crippen molar-refractivity contribution < 1.29 is 9.47 Å². The second-order valence-corrected chi connectivity index (χ2v) is 4.87. The summed E-state index contributed by atoms with van der Waals surface area (Å²) >= 11 is 12.2. The standard InChI is InChI=1S/C11H14Cl2N2O2/c1-6(2)10-14-8(12)7(9(13)15-10)11-16-4-3-5-17-11/h6,11H,3-5H2,1-2H3. The van der Waals surface area contributed by atoms with Crippen molar-refractivity contribution in [1.82, 2.24) is 9.97 Å². The maximum absolute atomic E-state index is 6.12. The Morgan fingerprint density at radius 2 is 1.65 bits per heavy atom. The van der Waals surface area contributed by atoms with E-state index >= 15 is 0 Å². The third-order valence-corrected chi connectivity index (χ3v) is 3.03. The van der Waals surface area contributed by atoms with Crippen LogP contribution in [0, 0.1) is 0 Å². The monoisotopic (exact) mass is 276 g/mol. The Labute approximate surface area is 110 Å². The predicted molar refractivity (Wildman–Crippen MR) is 65.4 cm³/mol. The fourth-order valence-corrected chi connectivity index (χ4v) is 2.12. The highest BCUT2D eigenvalue weighted by Gasteiger charge is 2.25. The lowest BCUT2D eigenvalue weighted by atomic mass is 10.2. The quantitative estimate of drug-likeness (QED) is 0.778. The Kier molecular flexibility index (Phi) is 4.20. The van der Waals surface area contributed by atoms with Crippen LogP contribution in [0.4, 0.5) is 0 Å². The highest BCUT2D eigenvalue weighted by atomic mass is 35.5. The lowest BCUT2D eigenvalue weighted by Crippen LogP contribution is -2.19. The van der Waals surface area contributed by atoms with Crippen molar-refractivity contribution in [3.8, 4) is 0 Å². The van der Waals surface area contributed by atoms with Crippen LogP contribution < -0.4 is 0 Å². The zero-order chi connectivity index (χ0) is 12.4. The van der Waals surface area contributed by atoms with Gasteiger partial charge >= 0.3 is 0 Å². The first-order valence-corrected chi connectivity index (χ1v) is 6.31. The highest BCUT2D eigenvalue weighted by Crippen LogP contribution is 2.33. The molecular formula is C11H14Cl2N2O2. The second kappa shape index (κ2) is 5.48. The normalized spacial score (nSPS) is 17.7. The molecule has 0 amide bonds. The molecule has 1 fully saturated rings. The molecule has 1 aliphatic heterocycles. The van der Waals surface area contributed by atoms with Crippen LogP contribution in [-0.2, 0) is 9.47 Å². The number of hydrogen-bond acceptors (Lipinski definition) is 4. The molecule has 1 aromatic rings. The summed E-state index contributed by atoms with van der Waals surface area (Å²) in [6.45, 7) is 5.22. The molecule has 94 valence electrons. The topological polar surface area (TPSA) is 44.2 Å². The molecule has 0 atom stereocenters. The van der Waals surface area contributed by atoms with Crippen LogP contribution in [0.3, 0.4) is 0 Å². The summed E-state index contributed by atoms with van der Waals surface area (Å²) in [7, 11) is 0. The van der Waals surface area contributed by atoms with E-state index in [1.54, 1.807) is 0 Å². The van der Waals surface area contributed by atoms with E-state index in [1.165, 1.54) is 0 Å². The summed E-state index contributed by atoms with van der Waals surface area (Å²) in [6.07, 6.45) is 0.321. The molecule has 0 N–H and O–H groups in total. The van der Waals surface area contributed by atoms with Crippen molar-refractivity contribution in [2.24, 2.45) is 0 Å². The third kappa shape index (κ3) is 2.88. The second-order valence-electron chi connectivity index (χ2n) is 4.16. The van der Waals surface area contributed by atoms with Gasteiger partial charge in [-0.15, -0.1) is 0 Å². The molecule has 1 saturated heterocycles. The van der Waals surface area contributed by atoms with Crippen LogP contribution in [-0.4, -0.2) is 23.2 Å². The molecule has 1 aliphatic rings. The van der Waals surface area contributed by atoms with Gasteiger partial charge < -0.3 is 9.47 Å². The predicted octanol–water partition coefficient (Wildman–Crippen LogP) is 3.34. The first-order valence-electron chi connectivity index (χ1n) is 5.55. The first kappa shape index (κ1) is 13.0. The molecule has 0 spiro atoms. The molecule has 2 heterocycles. The van der Waals surface area contributed by atoms with Crippen molar-refractivity contribution >= 4 is 23.2 Å². The molecular weight excluding hydrogens is 263 g/mol. The molecule has 2 rings (SSSR count). The lowest BCUT2D eigenvalue weighted by Gasteiger charge is -2.24. The zero-order valence-corrected chi connectivity index (χ0v) is 11.3. The zero-order valence-electron chi connectivity index (χ0n) is 9.74. The van der Waals surface area contributed by atoms with E-state index in [0.29, 0.717) is 34.9 Å². The molecule has 0 aromatic carbocycles. The SMILES string of the molecule is CC(C)c1nc(Cl)c(C2OCCCO2)c(Cl)n1. The smallest absolute Gasteiger partial charge is 0.189 e. The third-order valence-electron chi connectivity index (χ3n) is 2.45. The van der Waals surface area contributed by atoms with Crippen LogP contribution in [0.2, 0.25) is 10.3 Å². The van der Waals surface area contributed by atoms with Gasteiger partial charge in [0.05, 0.1) is 18.8 Å². The first-order chi connectivity index (χ1) is 8.09. The fourth-order valence-electron chi connectivity index (χ4n) is 1.54. The van der Waals surface area contributed by atoms with E-state index in [0.717, 1.165) is 6.42 Å². The van der Waals surface area contributed by atoms with E-state index in [4.69, 9.17) is 32.7 Å². The Morgan fingerprint density at radius 1 is 1.12 bits per heavy atom. The number of nitrogens with zero attached hydrogens (tertiary/aromatic N) is 2. The minimum Gasteiger partial charge on any atom is -0.348 e. The maximum atomic E-state index is 6.12. The van der Waals surface area contributed by atoms with Crippen molar-refractivity contribution in [2.45, 2.75) is 32.5 Å². The highest BCUT2D eigenvalue weighted by molar-refractivity contribution is 6.34. The van der Waals surface area contributed by atoms with E-state index < -0.39 is 6.29 Å². The Hall–Kier alpha value is -0.420. The summed E-state index contributed by atoms with van der Waals surface area (Å²) in [5, 5.41) is 0.612. The van der Waals surface area contributed by atoms with E-state index in [1.807, 2.05) is 13.8 Å². The van der Waals surface area contributed by atoms with Crippen LogP contribution in [0.25, 0.3) is 0 Å². The van der Waals surface area contributed by atoms with Gasteiger partial charge in [0, 0.05) is 5.92 Å². The maximum Gasteiger partial charge on any atom is 0.189 e. The number of ether oxygens (including phenoxy) is 2. The van der Waals surface area contributed by atoms with Crippen molar-refractivity contribution in [3.63, 3.8) is 0 Å². The molecule has 0 unspecified atom stereocenters. The molecule has 6 heteroatoms. The van der Waals surface area contributed by atoms with Gasteiger partial charge in [-0.3, -0.25) is 0 Å². The number of hydrogen-bond donors (Lipinski definition) is 0. The molecule has 4 nitrogen and oxygen atoms in total. The molecule has 1 aromatic heterocycles. The van der Waals surface area contributed by atoms with Crippen LogP contribution in [0.5, 0.6) is 0 Å². The summed E-state index contributed by atoms with van der Waals surface area (Å²) in [5.74, 6) is 0.798.